The van der Waals surface area contributed by atoms with Crippen molar-refractivity contribution in [1.29, 1.82) is 0 Å². The average Bonchev–Trinajstić information content (AvgIpc) is 3.13. The van der Waals surface area contributed by atoms with Gasteiger partial charge in [0, 0.05) is 0 Å². The Bertz CT molecular complexity index is 1460. The van der Waals surface area contributed by atoms with Gasteiger partial charge in [-0.2, -0.15) is 0 Å². The van der Waals surface area contributed by atoms with Crippen molar-refractivity contribution in [3.63, 3.8) is 0 Å². The predicted octanol–water partition coefficient (Wildman–Crippen LogP) is 4.71. The molecular weight excluding hydrogens is 472 g/mol. The molecule has 2 aromatic carbocycles. The lowest BCUT2D eigenvalue weighted by Crippen LogP contribution is -2.40. The van der Waals surface area contributed by atoms with Gasteiger partial charge in [-0.15, -0.1) is 0 Å². The Kier molecular flexibility index (Phi) is 7.59. The molecule has 0 N–H and O–H groups in total. The molecule has 0 unspecified atom stereocenters. The van der Waals surface area contributed by atoms with Crippen LogP contribution in [-0.4, -0.2) is 23.2 Å². The van der Waals surface area contributed by atoms with Crippen molar-refractivity contribution < 1.29 is 14.3 Å². The maximum atomic E-state index is 13.7. The molecule has 0 bridgehead atoms. The Balaban J connectivity index is 1.87. The van der Waals surface area contributed by atoms with Gasteiger partial charge in [0.05, 0.1) is 34.6 Å². The molecule has 6 nitrogen and oxygen atoms in total. The number of benzene rings is 2. The molecule has 7 heteroatoms. The van der Waals surface area contributed by atoms with E-state index in [9.17, 15) is 9.59 Å². The fourth-order valence-corrected chi connectivity index (χ4v) is 5.26. The zero-order chi connectivity index (χ0) is 26.0. The number of fused-ring (bicyclic) bond motifs is 1. The van der Waals surface area contributed by atoms with Crippen LogP contribution in [-0.2, 0) is 9.53 Å². The number of thiazole rings is 1. The summed E-state index contributed by atoms with van der Waals surface area (Å²) in [6, 6.07) is 15.0. The van der Waals surface area contributed by atoms with Gasteiger partial charge in [-0.05, 0) is 68.5 Å². The van der Waals surface area contributed by atoms with Gasteiger partial charge in [0.25, 0.3) is 5.56 Å². The first kappa shape index (κ1) is 25.6. The molecular formula is C29H32N2O4S. The molecule has 188 valence electrons. The average molecular weight is 505 g/mol. The Morgan fingerprint density at radius 3 is 2.33 bits per heavy atom. The number of carbonyl (C=O) groups excluding carboxylic acids is 1. The van der Waals surface area contributed by atoms with Gasteiger partial charge in [0.2, 0.25) is 0 Å². The number of nitrogens with zero attached hydrogens (tertiary/aromatic N) is 2. The van der Waals surface area contributed by atoms with Crippen LogP contribution in [0.5, 0.6) is 5.75 Å². The van der Waals surface area contributed by atoms with Crippen LogP contribution < -0.4 is 19.6 Å². The minimum atomic E-state index is -0.645. The number of hydrogen-bond acceptors (Lipinski definition) is 6. The summed E-state index contributed by atoms with van der Waals surface area (Å²) in [5, 5.41) is 0. The molecule has 1 aliphatic rings. The Morgan fingerprint density at radius 2 is 1.75 bits per heavy atom. The number of ether oxygens (including phenoxy) is 2. The third-order valence-corrected chi connectivity index (χ3v) is 6.98. The van der Waals surface area contributed by atoms with Crippen LogP contribution in [0.1, 0.15) is 70.2 Å². The predicted molar refractivity (Wildman–Crippen MR) is 143 cm³/mol. The van der Waals surface area contributed by atoms with E-state index >= 15 is 0 Å². The molecule has 36 heavy (non-hydrogen) atoms. The van der Waals surface area contributed by atoms with Crippen LogP contribution in [0.25, 0.3) is 6.08 Å². The molecule has 2 heterocycles. The molecule has 0 amide bonds. The first-order chi connectivity index (χ1) is 17.2. The highest BCUT2D eigenvalue weighted by Gasteiger charge is 2.33. The SMILES string of the molecule is CCOc1ccc([C@H]2C(C(=O)OC(C)C)=C(C)N=c3s/c(=C/c4ccc(C(C)C)cc4)c(=O)n32)cc1. The van der Waals surface area contributed by atoms with Gasteiger partial charge in [-0.25, -0.2) is 9.79 Å². The summed E-state index contributed by atoms with van der Waals surface area (Å²) in [6.45, 7) is 12.2. The van der Waals surface area contributed by atoms with Crippen LogP contribution in [0, 0.1) is 0 Å². The standard InChI is InChI=1S/C29H32N2O4S/c1-7-34-23-14-12-22(13-15-23)26-25(28(33)35-18(4)5)19(6)30-29-31(26)27(32)24(36-29)16-20-8-10-21(11-9-20)17(2)3/h8-18,26H,7H2,1-6H3/b24-16+/t26-/m0/s1. The summed E-state index contributed by atoms with van der Waals surface area (Å²) in [4.78, 5) is 32.1. The smallest absolute Gasteiger partial charge is 0.338 e. The summed E-state index contributed by atoms with van der Waals surface area (Å²) in [7, 11) is 0. The van der Waals surface area contributed by atoms with E-state index in [-0.39, 0.29) is 11.7 Å². The van der Waals surface area contributed by atoms with Gasteiger partial charge < -0.3 is 9.47 Å². The summed E-state index contributed by atoms with van der Waals surface area (Å²) < 4.78 is 13.3. The number of carbonyl (C=O) groups is 1. The lowest BCUT2D eigenvalue weighted by molar-refractivity contribution is -0.143. The molecule has 1 aliphatic heterocycles. The van der Waals surface area contributed by atoms with Crippen LogP contribution >= 0.6 is 11.3 Å². The molecule has 4 rings (SSSR count). The second kappa shape index (κ2) is 10.7. The molecule has 0 saturated carbocycles. The van der Waals surface area contributed by atoms with Crippen molar-refractivity contribution in [3.05, 3.63) is 96.2 Å². The second-order valence-corrected chi connectivity index (χ2v) is 10.4. The van der Waals surface area contributed by atoms with Crippen LogP contribution in [0.4, 0.5) is 0 Å². The minimum Gasteiger partial charge on any atom is -0.494 e. The van der Waals surface area contributed by atoms with Crippen molar-refractivity contribution in [2.45, 2.75) is 59.6 Å². The number of allylic oxidation sites excluding steroid dienone is 1. The molecule has 0 fully saturated rings. The maximum Gasteiger partial charge on any atom is 0.338 e. The van der Waals surface area contributed by atoms with Crippen LogP contribution in [0.3, 0.4) is 0 Å². The van der Waals surface area contributed by atoms with Gasteiger partial charge >= 0.3 is 5.97 Å². The summed E-state index contributed by atoms with van der Waals surface area (Å²) in [5.41, 5.74) is 3.71. The highest BCUT2D eigenvalue weighted by molar-refractivity contribution is 7.07. The van der Waals surface area contributed by atoms with E-state index in [1.54, 1.807) is 25.3 Å². The third kappa shape index (κ3) is 5.21. The highest BCUT2D eigenvalue weighted by Crippen LogP contribution is 2.32. The molecule has 1 aromatic heterocycles. The minimum absolute atomic E-state index is 0.187. The number of rotatable bonds is 7. The van der Waals surface area contributed by atoms with E-state index in [1.807, 2.05) is 49.4 Å². The Hall–Kier alpha value is -3.45. The summed E-state index contributed by atoms with van der Waals surface area (Å²) in [5.74, 6) is 0.694. The van der Waals surface area contributed by atoms with Crippen molar-refractivity contribution in [2.24, 2.45) is 4.99 Å². The van der Waals surface area contributed by atoms with E-state index in [1.165, 1.54) is 16.9 Å². The quantitative estimate of drug-likeness (QED) is 0.437. The van der Waals surface area contributed by atoms with E-state index in [2.05, 4.69) is 31.0 Å². The number of aromatic nitrogens is 1. The largest absolute Gasteiger partial charge is 0.494 e. The second-order valence-electron chi connectivity index (χ2n) is 9.36. The van der Waals surface area contributed by atoms with Crippen LogP contribution in [0.2, 0.25) is 0 Å². The molecule has 0 spiro atoms. The van der Waals surface area contributed by atoms with E-state index in [0.717, 1.165) is 16.9 Å². The van der Waals surface area contributed by atoms with Gasteiger partial charge in [-0.3, -0.25) is 9.36 Å². The normalized spacial score (nSPS) is 15.8. The molecule has 0 radical (unpaired) electrons. The van der Waals surface area contributed by atoms with Crippen molar-refractivity contribution in [2.75, 3.05) is 6.61 Å². The molecule has 0 saturated heterocycles. The van der Waals surface area contributed by atoms with Gasteiger partial charge in [-0.1, -0.05) is 61.6 Å². The third-order valence-electron chi connectivity index (χ3n) is 5.99. The van der Waals surface area contributed by atoms with E-state index in [4.69, 9.17) is 9.47 Å². The molecule has 0 aliphatic carbocycles. The fourth-order valence-electron chi connectivity index (χ4n) is 4.22. The Labute approximate surface area is 215 Å². The number of hydrogen-bond donors (Lipinski definition) is 0. The fraction of sp³-hybridized carbons (Fsp3) is 0.345. The highest BCUT2D eigenvalue weighted by atomic mass is 32.1. The topological polar surface area (TPSA) is 69.9 Å². The first-order valence-corrected chi connectivity index (χ1v) is 13.1. The van der Waals surface area contributed by atoms with E-state index < -0.39 is 12.0 Å². The number of esters is 1. The lowest BCUT2D eigenvalue weighted by atomic mass is 9.96. The van der Waals surface area contributed by atoms with Gasteiger partial charge in [0.1, 0.15) is 5.75 Å². The lowest BCUT2D eigenvalue weighted by Gasteiger charge is -2.25. The maximum absolute atomic E-state index is 13.7. The zero-order valence-electron chi connectivity index (χ0n) is 21.6. The van der Waals surface area contributed by atoms with Crippen LogP contribution in [0.15, 0.2) is 69.6 Å². The van der Waals surface area contributed by atoms with Crippen molar-refractivity contribution in [1.82, 2.24) is 4.57 Å². The Morgan fingerprint density at radius 1 is 1.08 bits per heavy atom. The molecule has 1 atom stereocenters. The molecule has 3 aromatic rings. The monoisotopic (exact) mass is 504 g/mol. The summed E-state index contributed by atoms with van der Waals surface area (Å²) >= 11 is 1.33. The van der Waals surface area contributed by atoms with Gasteiger partial charge in [0.15, 0.2) is 4.80 Å². The van der Waals surface area contributed by atoms with E-state index in [0.29, 0.717) is 33.1 Å². The van der Waals surface area contributed by atoms with Crippen molar-refractivity contribution in [3.8, 4) is 5.75 Å². The first-order valence-electron chi connectivity index (χ1n) is 12.3. The van der Waals surface area contributed by atoms with Crippen molar-refractivity contribution >= 4 is 23.4 Å². The zero-order valence-corrected chi connectivity index (χ0v) is 22.4. The summed E-state index contributed by atoms with van der Waals surface area (Å²) in [6.07, 6.45) is 1.59.